The quantitative estimate of drug-likeness (QED) is 0.314. The van der Waals surface area contributed by atoms with Gasteiger partial charge in [0.25, 0.3) is 0 Å². The molecule has 0 amide bonds. The van der Waals surface area contributed by atoms with Crippen LogP contribution in [0.5, 0.6) is 0 Å². The lowest BCUT2D eigenvalue weighted by molar-refractivity contribution is 0.277. The zero-order valence-corrected chi connectivity index (χ0v) is 20.1. The third kappa shape index (κ3) is 6.84. The van der Waals surface area contributed by atoms with Gasteiger partial charge in [0.15, 0.2) is 11.1 Å². The maximum Gasteiger partial charge on any atom is 0.233 e. The molecule has 1 saturated carbocycles. The van der Waals surface area contributed by atoms with Gasteiger partial charge >= 0.3 is 0 Å². The van der Waals surface area contributed by atoms with Gasteiger partial charge in [-0.2, -0.15) is 15.0 Å². The van der Waals surface area contributed by atoms with Gasteiger partial charge in [-0.05, 0) is 63.0 Å². The van der Waals surface area contributed by atoms with E-state index in [1.54, 1.807) is 24.3 Å². The maximum absolute atomic E-state index is 11.2. The third-order valence-corrected chi connectivity index (χ3v) is 7.21. The molecule has 4 rings (SSSR count). The molecular formula is C23H35N7O2S. The SMILES string of the molecule is CCN1CCCC1CNc1nc(Nc2ccc(S(=O)O)cc2)nc(NC2CCCCCC2)n1. The lowest BCUT2D eigenvalue weighted by Gasteiger charge is -2.23. The van der Waals surface area contributed by atoms with E-state index in [0.717, 1.165) is 38.2 Å². The second-order valence-corrected chi connectivity index (χ2v) is 9.81. The fraction of sp³-hybridized carbons (Fsp3) is 0.609. The maximum atomic E-state index is 11.2. The molecule has 180 valence electrons. The Kier molecular flexibility index (Phi) is 8.46. The van der Waals surface area contributed by atoms with Crippen LogP contribution in [0, 0.1) is 0 Å². The van der Waals surface area contributed by atoms with E-state index in [1.165, 1.54) is 38.5 Å². The van der Waals surface area contributed by atoms with Crippen molar-refractivity contribution >= 4 is 34.6 Å². The molecular weight excluding hydrogens is 438 g/mol. The highest BCUT2D eigenvalue weighted by Crippen LogP contribution is 2.23. The fourth-order valence-electron chi connectivity index (χ4n) is 4.72. The number of nitrogens with zero attached hydrogens (tertiary/aromatic N) is 4. The first kappa shape index (κ1) is 23.8. The standard InChI is InChI=1S/C23H35N7O2S/c1-2-30-15-7-10-19(30)16-24-21-27-22(25-17-8-5-3-4-6-9-17)29-23(28-21)26-18-11-13-20(14-12-18)33(31)32/h11-14,17,19H,2-10,15-16H2,1H3,(H,31,32)(H3,24,25,26,27,28,29). The zero-order valence-electron chi connectivity index (χ0n) is 19.3. The molecule has 9 nitrogen and oxygen atoms in total. The van der Waals surface area contributed by atoms with Crippen LogP contribution in [0.4, 0.5) is 23.5 Å². The molecule has 33 heavy (non-hydrogen) atoms. The molecule has 2 unspecified atom stereocenters. The number of aromatic nitrogens is 3. The molecule has 1 aliphatic carbocycles. The number of rotatable bonds is 9. The van der Waals surface area contributed by atoms with Crippen molar-refractivity contribution in [3.8, 4) is 0 Å². The monoisotopic (exact) mass is 473 g/mol. The molecule has 0 radical (unpaired) electrons. The molecule has 0 spiro atoms. The summed E-state index contributed by atoms with van der Waals surface area (Å²) < 4.78 is 20.5. The zero-order chi connectivity index (χ0) is 23.0. The van der Waals surface area contributed by atoms with Crippen LogP contribution in [-0.2, 0) is 11.1 Å². The van der Waals surface area contributed by atoms with Crippen molar-refractivity contribution in [2.24, 2.45) is 0 Å². The van der Waals surface area contributed by atoms with Gasteiger partial charge in [0, 0.05) is 24.3 Å². The Morgan fingerprint density at radius 3 is 2.36 bits per heavy atom. The van der Waals surface area contributed by atoms with E-state index < -0.39 is 11.1 Å². The molecule has 1 saturated heterocycles. The van der Waals surface area contributed by atoms with Gasteiger partial charge < -0.3 is 20.5 Å². The minimum Gasteiger partial charge on any atom is -0.352 e. The predicted molar refractivity (Wildman–Crippen MR) is 132 cm³/mol. The second-order valence-electron chi connectivity index (χ2n) is 8.84. The lowest BCUT2D eigenvalue weighted by atomic mass is 10.1. The van der Waals surface area contributed by atoms with Crippen molar-refractivity contribution in [2.45, 2.75) is 75.3 Å². The Morgan fingerprint density at radius 1 is 0.970 bits per heavy atom. The second kappa shape index (κ2) is 11.7. The smallest absolute Gasteiger partial charge is 0.233 e. The van der Waals surface area contributed by atoms with E-state index in [9.17, 15) is 8.76 Å². The molecule has 2 aromatic rings. The molecule has 2 fully saturated rings. The Hall–Kier alpha value is -2.30. The van der Waals surface area contributed by atoms with Crippen molar-refractivity contribution < 1.29 is 8.76 Å². The average Bonchev–Trinajstić information content (AvgIpc) is 3.12. The summed E-state index contributed by atoms with van der Waals surface area (Å²) in [6.07, 6.45) is 9.71. The Bertz CT molecular complexity index is 920. The molecule has 0 bridgehead atoms. The van der Waals surface area contributed by atoms with Crippen LogP contribution in [0.1, 0.15) is 58.3 Å². The van der Waals surface area contributed by atoms with Gasteiger partial charge in [0.05, 0.1) is 4.90 Å². The van der Waals surface area contributed by atoms with E-state index in [1.807, 2.05) is 0 Å². The summed E-state index contributed by atoms with van der Waals surface area (Å²) in [4.78, 5) is 16.7. The highest BCUT2D eigenvalue weighted by Gasteiger charge is 2.23. The van der Waals surface area contributed by atoms with E-state index in [2.05, 4.69) is 42.7 Å². The molecule has 2 heterocycles. The highest BCUT2D eigenvalue weighted by atomic mass is 32.2. The summed E-state index contributed by atoms with van der Waals surface area (Å²) in [6.45, 7) is 5.21. The minimum atomic E-state index is -2.00. The van der Waals surface area contributed by atoms with Crippen LogP contribution in [0.15, 0.2) is 29.2 Å². The number of anilines is 4. The van der Waals surface area contributed by atoms with Gasteiger partial charge in [0.2, 0.25) is 17.8 Å². The number of hydrogen-bond acceptors (Lipinski definition) is 8. The van der Waals surface area contributed by atoms with Crippen molar-refractivity contribution in [3.05, 3.63) is 24.3 Å². The van der Waals surface area contributed by atoms with Crippen molar-refractivity contribution in [1.82, 2.24) is 19.9 Å². The van der Waals surface area contributed by atoms with Crippen molar-refractivity contribution in [2.75, 3.05) is 35.6 Å². The molecule has 2 aliphatic rings. The summed E-state index contributed by atoms with van der Waals surface area (Å²) in [5.41, 5.74) is 0.745. The first-order chi connectivity index (χ1) is 16.1. The fourth-order valence-corrected chi connectivity index (χ4v) is 5.09. The average molecular weight is 474 g/mol. The van der Waals surface area contributed by atoms with Gasteiger partial charge in [-0.1, -0.05) is 32.6 Å². The summed E-state index contributed by atoms with van der Waals surface area (Å²) in [5, 5.41) is 10.2. The van der Waals surface area contributed by atoms with Crippen molar-refractivity contribution in [1.29, 1.82) is 0 Å². The van der Waals surface area contributed by atoms with Crippen LogP contribution in [0.25, 0.3) is 0 Å². The van der Waals surface area contributed by atoms with Crippen LogP contribution >= 0.6 is 0 Å². The molecule has 10 heteroatoms. The normalized spacial score (nSPS) is 20.8. The van der Waals surface area contributed by atoms with E-state index in [0.29, 0.717) is 34.8 Å². The molecule has 1 aromatic heterocycles. The van der Waals surface area contributed by atoms with Gasteiger partial charge in [0.1, 0.15) is 0 Å². The molecule has 4 N–H and O–H groups in total. The van der Waals surface area contributed by atoms with Crippen LogP contribution in [0.3, 0.4) is 0 Å². The van der Waals surface area contributed by atoms with Crippen LogP contribution in [0.2, 0.25) is 0 Å². The number of benzene rings is 1. The van der Waals surface area contributed by atoms with Crippen LogP contribution in [-0.4, -0.2) is 60.3 Å². The first-order valence-corrected chi connectivity index (χ1v) is 13.2. The summed E-state index contributed by atoms with van der Waals surface area (Å²) in [7, 11) is 0. The number of hydrogen-bond donors (Lipinski definition) is 4. The lowest BCUT2D eigenvalue weighted by Crippen LogP contribution is -2.35. The highest BCUT2D eigenvalue weighted by molar-refractivity contribution is 7.79. The summed E-state index contributed by atoms with van der Waals surface area (Å²) >= 11 is -2.00. The number of likely N-dealkylation sites (tertiary alicyclic amines) is 1. The number of likely N-dealkylation sites (N-methyl/N-ethyl adjacent to an activating group) is 1. The summed E-state index contributed by atoms with van der Waals surface area (Å²) in [6, 6.07) is 7.59. The topological polar surface area (TPSA) is 115 Å². The first-order valence-electron chi connectivity index (χ1n) is 12.1. The Morgan fingerprint density at radius 2 is 1.67 bits per heavy atom. The van der Waals surface area contributed by atoms with Crippen molar-refractivity contribution in [3.63, 3.8) is 0 Å². The van der Waals surface area contributed by atoms with Gasteiger partial charge in [-0.25, -0.2) is 4.21 Å². The van der Waals surface area contributed by atoms with Gasteiger partial charge in [-0.3, -0.25) is 4.90 Å². The minimum absolute atomic E-state index is 0.353. The summed E-state index contributed by atoms with van der Waals surface area (Å²) in [5.74, 6) is 1.58. The van der Waals surface area contributed by atoms with Crippen LogP contribution < -0.4 is 16.0 Å². The molecule has 1 aliphatic heterocycles. The third-order valence-electron chi connectivity index (χ3n) is 6.54. The molecule has 1 aromatic carbocycles. The Labute approximate surface area is 198 Å². The molecule has 2 atom stereocenters. The van der Waals surface area contributed by atoms with E-state index in [-0.39, 0.29) is 0 Å². The predicted octanol–water partition coefficient (Wildman–Crippen LogP) is 4.23. The Balaban J connectivity index is 1.50. The van der Waals surface area contributed by atoms with E-state index in [4.69, 9.17) is 0 Å². The van der Waals surface area contributed by atoms with Gasteiger partial charge in [-0.15, -0.1) is 0 Å². The van der Waals surface area contributed by atoms with E-state index >= 15 is 0 Å². The number of nitrogens with one attached hydrogen (secondary N) is 3. The largest absolute Gasteiger partial charge is 0.352 e.